The average molecular weight is 718 g/mol. The largest absolute Gasteiger partial charge is 0.497 e. The number of nitrogens with zero attached hydrogens (tertiary/aromatic N) is 3. The Hall–Kier alpha value is -2.86. The monoisotopic (exact) mass is 715 g/mol. The standard InChI is InChI=1S/C22H26N2O4S.C9H9Cl2N3.2ClH/c1-15(25)28-20-21(16-9-11-17(27-4)12-10-16)29-19-8-6-5-7-18(19)24(22(20)26)14-13-23(2)3;10-6-2-1-3-7(11)8(6)14-9-12-4-5-13-9;;/h5-12,20-21H,13-14H2,1-4H3;1-3H,4-5H2,(H2,12,13,14);2*1H/t20-,21+;;;/m1.../s1. The Labute approximate surface area is 290 Å². The lowest BCUT2D eigenvalue weighted by atomic mass is 10.1. The number of halogens is 4. The molecule has 2 aliphatic heterocycles. The first-order valence-corrected chi connectivity index (χ1v) is 15.3. The maximum Gasteiger partial charge on any atom is 0.303 e. The number of fused-ring (bicyclic) bond motifs is 1. The second kappa shape index (κ2) is 18.3. The van der Waals surface area contributed by atoms with Gasteiger partial charge < -0.3 is 29.9 Å². The zero-order chi connectivity index (χ0) is 30.9. The highest BCUT2D eigenvalue weighted by atomic mass is 35.5. The van der Waals surface area contributed by atoms with Crippen LogP contribution in [0.4, 0.5) is 11.4 Å². The summed E-state index contributed by atoms with van der Waals surface area (Å²) in [6.45, 7) is 4.18. The lowest BCUT2D eigenvalue weighted by molar-refractivity contribution is -0.152. The Bertz CT molecular complexity index is 1440. The number of nitrogens with one attached hydrogen (secondary N) is 2. The fraction of sp³-hybridized carbons (Fsp3) is 0.323. The van der Waals surface area contributed by atoms with Gasteiger partial charge in [0, 0.05) is 31.5 Å². The lowest BCUT2D eigenvalue weighted by Crippen LogP contribution is -2.45. The number of hydrogen-bond donors (Lipinski definition) is 2. The summed E-state index contributed by atoms with van der Waals surface area (Å²) < 4.78 is 10.8. The van der Waals surface area contributed by atoms with E-state index in [1.54, 1.807) is 42.0 Å². The number of rotatable bonds is 7. The van der Waals surface area contributed by atoms with Gasteiger partial charge in [0.1, 0.15) is 5.75 Å². The van der Waals surface area contributed by atoms with E-state index >= 15 is 0 Å². The quantitative estimate of drug-likeness (QED) is 0.265. The van der Waals surface area contributed by atoms with E-state index in [-0.39, 0.29) is 36.0 Å². The zero-order valence-corrected chi connectivity index (χ0v) is 29.3. The van der Waals surface area contributed by atoms with Crippen LogP contribution in [-0.4, -0.2) is 76.2 Å². The number of thioether (sulfide) groups is 1. The first-order valence-electron chi connectivity index (χ1n) is 13.7. The first-order chi connectivity index (χ1) is 20.7. The van der Waals surface area contributed by atoms with Crippen LogP contribution < -0.4 is 20.3 Å². The first kappa shape index (κ1) is 38.3. The number of hydrogen-bond acceptors (Lipinski definition) is 9. The molecule has 5 rings (SSSR count). The fourth-order valence-corrected chi connectivity index (χ4v) is 6.27. The number of anilines is 2. The number of aliphatic imine (C=N–C) groups is 1. The summed E-state index contributed by atoms with van der Waals surface area (Å²) in [5.41, 5.74) is 2.45. The number of ether oxygens (including phenoxy) is 2. The van der Waals surface area contributed by atoms with Gasteiger partial charge in [0.05, 0.1) is 40.3 Å². The molecule has 2 N–H and O–H groups in total. The smallest absolute Gasteiger partial charge is 0.303 e. The second-order valence-electron chi connectivity index (χ2n) is 9.98. The Morgan fingerprint density at radius 3 is 2.31 bits per heavy atom. The van der Waals surface area contributed by atoms with Gasteiger partial charge in [-0.2, -0.15) is 0 Å². The molecule has 2 heterocycles. The van der Waals surface area contributed by atoms with Crippen molar-refractivity contribution in [3.8, 4) is 5.75 Å². The summed E-state index contributed by atoms with van der Waals surface area (Å²) in [7, 11) is 5.54. The van der Waals surface area contributed by atoms with Crippen LogP contribution >= 0.6 is 59.8 Å². The lowest BCUT2D eigenvalue weighted by Gasteiger charge is -2.28. The van der Waals surface area contributed by atoms with E-state index in [2.05, 4.69) is 15.6 Å². The molecule has 2 aliphatic rings. The molecule has 0 unspecified atom stereocenters. The maximum atomic E-state index is 13.6. The van der Waals surface area contributed by atoms with E-state index in [0.717, 1.165) is 40.9 Å². The number of guanidine groups is 1. The molecule has 244 valence electrons. The van der Waals surface area contributed by atoms with Gasteiger partial charge in [-0.05, 0) is 56.1 Å². The third-order valence-corrected chi connectivity index (χ3v) is 8.59. The van der Waals surface area contributed by atoms with Crippen molar-refractivity contribution in [2.24, 2.45) is 4.99 Å². The molecule has 14 heteroatoms. The van der Waals surface area contributed by atoms with Crippen molar-refractivity contribution in [2.45, 2.75) is 23.2 Å². The summed E-state index contributed by atoms with van der Waals surface area (Å²) >= 11 is 13.5. The fourth-order valence-electron chi connectivity index (χ4n) is 4.46. The van der Waals surface area contributed by atoms with Gasteiger partial charge in [0.15, 0.2) is 12.1 Å². The summed E-state index contributed by atoms with van der Waals surface area (Å²) in [5.74, 6) is 0.775. The molecular weight excluding hydrogens is 680 g/mol. The van der Waals surface area contributed by atoms with Crippen LogP contribution in [0.25, 0.3) is 0 Å². The molecule has 3 aromatic carbocycles. The Kier molecular flexibility index (Phi) is 15.6. The topological polar surface area (TPSA) is 95.5 Å². The van der Waals surface area contributed by atoms with Gasteiger partial charge in [-0.15, -0.1) is 36.6 Å². The van der Waals surface area contributed by atoms with Crippen molar-refractivity contribution < 1.29 is 19.1 Å². The van der Waals surface area contributed by atoms with Crippen LogP contribution in [0.15, 0.2) is 76.6 Å². The van der Waals surface area contributed by atoms with Gasteiger partial charge in [0.25, 0.3) is 5.91 Å². The minimum absolute atomic E-state index is 0. The van der Waals surface area contributed by atoms with Crippen molar-refractivity contribution in [1.29, 1.82) is 0 Å². The minimum Gasteiger partial charge on any atom is -0.497 e. The Morgan fingerprint density at radius 1 is 1.07 bits per heavy atom. The normalized spacial score (nSPS) is 16.8. The Morgan fingerprint density at radius 2 is 1.73 bits per heavy atom. The second-order valence-corrected chi connectivity index (χ2v) is 12.0. The van der Waals surface area contributed by atoms with Gasteiger partial charge in [-0.1, -0.05) is 53.5 Å². The van der Waals surface area contributed by atoms with Crippen LogP contribution in [0.1, 0.15) is 17.7 Å². The Balaban J connectivity index is 0.000000371. The number of amides is 1. The van der Waals surface area contributed by atoms with E-state index in [1.807, 2.05) is 67.5 Å². The van der Waals surface area contributed by atoms with E-state index in [9.17, 15) is 9.59 Å². The molecule has 2 atom stereocenters. The van der Waals surface area contributed by atoms with Crippen LogP contribution in [0, 0.1) is 0 Å². The summed E-state index contributed by atoms with van der Waals surface area (Å²) in [4.78, 5) is 34.3. The zero-order valence-electron chi connectivity index (χ0n) is 25.3. The molecule has 0 bridgehead atoms. The molecule has 0 spiro atoms. The molecule has 0 saturated carbocycles. The van der Waals surface area contributed by atoms with Gasteiger partial charge in [-0.3, -0.25) is 14.6 Å². The third kappa shape index (κ3) is 10.3. The van der Waals surface area contributed by atoms with Crippen LogP contribution in [0.5, 0.6) is 5.75 Å². The van der Waals surface area contributed by atoms with E-state index in [1.165, 1.54) is 6.92 Å². The van der Waals surface area contributed by atoms with Crippen molar-refractivity contribution in [1.82, 2.24) is 10.2 Å². The average Bonchev–Trinajstić information content (AvgIpc) is 3.47. The molecular formula is C31H37Cl4N5O4S. The van der Waals surface area contributed by atoms with Crippen molar-refractivity contribution in [3.05, 3.63) is 82.3 Å². The molecule has 0 fully saturated rings. The summed E-state index contributed by atoms with van der Waals surface area (Å²) in [6, 6.07) is 20.7. The number of esters is 1. The number of methoxy groups -OCH3 is 1. The number of carbonyl (C=O) groups excluding carboxylic acids is 2. The van der Waals surface area contributed by atoms with Crippen molar-refractivity contribution in [2.75, 3.05) is 57.6 Å². The molecule has 1 amide bonds. The predicted molar refractivity (Wildman–Crippen MR) is 189 cm³/mol. The molecule has 0 aliphatic carbocycles. The number of para-hydroxylation sites is 2. The SMILES string of the molecule is COc1ccc([C@@H]2Sc3ccccc3N(CCN(C)C)C(=O)[C@@H]2OC(C)=O)cc1.Cl.Cl.Clc1cccc(Cl)c1NC1=NCCN1. The molecule has 3 aromatic rings. The van der Waals surface area contributed by atoms with E-state index in [0.29, 0.717) is 28.8 Å². The predicted octanol–water partition coefficient (Wildman–Crippen LogP) is 6.58. The van der Waals surface area contributed by atoms with Crippen molar-refractivity contribution >= 4 is 89.0 Å². The molecule has 0 radical (unpaired) electrons. The molecule has 0 aromatic heterocycles. The van der Waals surface area contributed by atoms with E-state index < -0.39 is 12.1 Å². The summed E-state index contributed by atoms with van der Waals surface area (Å²) in [5, 5.41) is 6.96. The van der Waals surface area contributed by atoms with Gasteiger partial charge in [-0.25, -0.2) is 0 Å². The number of likely N-dealkylation sites (N-methyl/N-ethyl adjacent to an activating group) is 1. The maximum absolute atomic E-state index is 13.6. The van der Waals surface area contributed by atoms with Gasteiger partial charge >= 0.3 is 5.97 Å². The molecule has 0 saturated heterocycles. The minimum atomic E-state index is -0.916. The van der Waals surface area contributed by atoms with Crippen LogP contribution in [0.2, 0.25) is 10.0 Å². The van der Waals surface area contributed by atoms with Gasteiger partial charge in [0.2, 0.25) is 0 Å². The third-order valence-electron chi connectivity index (χ3n) is 6.58. The summed E-state index contributed by atoms with van der Waals surface area (Å²) in [6.07, 6.45) is -0.916. The van der Waals surface area contributed by atoms with Crippen LogP contribution in [0.3, 0.4) is 0 Å². The molecule has 9 nitrogen and oxygen atoms in total. The number of benzene rings is 3. The molecule has 45 heavy (non-hydrogen) atoms. The van der Waals surface area contributed by atoms with Crippen LogP contribution in [-0.2, 0) is 14.3 Å². The highest BCUT2D eigenvalue weighted by Gasteiger charge is 2.40. The van der Waals surface area contributed by atoms with E-state index in [4.69, 9.17) is 32.7 Å². The van der Waals surface area contributed by atoms with Crippen molar-refractivity contribution in [3.63, 3.8) is 0 Å². The highest BCUT2D eigenvalue weighted by molar-refractivity contribution is 7.99. The highest BCUT2D eigenvalue weighted by Crippen LogP contribution is 2.46. The number of carbonyl (C=O) groups is 2.